The molecule has 0 saturated carbocycles. The summed E-state index contributed by atoms with van der Waals surface area (Å²) in [5, 5.41) is 11.4. The second-order valence-corrected chi connectivity index (χ2v) is 4.35. The Bertz CT molecular complexity index is 502. The number of aromatic nitrogens is 1. The van der Waals surface area contributed by atoms with Crippen molar-refractivity contribution in [3.8, 4) is 0 Å². The van der Waals surface area contributed by atoms with Crippen molar-refractivity contribution in [2.45, 2.75) is 13.2 Å². The van der Waals surface area contributed by atoms with Gasteiger partial charge in [0.05, 0.1) is 5.69 Å². The zero-order chi connectivity index (χ0) is 12.3. The summed E-state index contributed by atoms with van der Waals surface area (Å²) in [6, 6.07) is 1.86. The van der Waals surface area contributed by atoms with Crippen molar-refractivity contribution in [1.82, 2.24) is 4.57 Å². The lowest BCUT2D eigenvalue weighted by Gasteiger charge is -2.08. The molecule has 0 aromatic carbocycles. The number of ether oxygens (including phenoxy) is 1. The van der Waals surface area contributed by atoms with Gasteiger partial charge in [0.25, 0.3) is 0 Å². The third-order valence-corrected chi connectivity index (χ3v) is 3.16. The zero-order valence-corrected chi connectivity index (χ0v) is 11.3. The van der Waals surface area contributed by atoms with Gasteiger partial charge in [-0.15, -0.1) is 0 Å². The van der Waals surface area contributed by atoms with Gasteiger partial charge in [-0.3, -0.25) is 0 Å². The zero-order valence-electron chi connectivity index (χ0n) is 9.70. The molecule has 16 heavy (non-hydrogen) atoms. The molecule has 0 amide bonds. The maximum atomic E-state index is 9.63. The lowest BCUT2D eigenvalue weighted by atomic mass is 10.3. The van der Waals surface area contributed by atoms with E-state index in [9.17, 15) is 5.11 Å². The number of aliphatic hydroxyl groups excluding tert-OH is 1. The monoisotopic (exact) mass is 285 g/mol. The first-order valence-electron chi connectivity index (χ1n) is 4.90. The molecule has 0 radical (unpaired) electrons. The van der Waals surface area contributed by atoms with Gasteiger partial charge < -0.3 is 14.4 Å². The van der Waals surface area contributed by atoms with Gasteiger partial charge in [0.1, 0.15) is 0 Å². The highest BCUT2D eigenvalue weighted by atomic mass is 79.9. The van der Waals surface area contributed by atoms with Crippen LogP contribution in [0.25, 0.3) is 12.7 Å². The summed E-state index contributed by atoms with van der Waals surface area (Å²) in [4.78, 5) is 0. The summed E-state index contributed by atoms with van der Waals surface area (Å²) < 4.78 is 7.67. The Labute approximate surface area is 103 Å². The second-order valence-electron chi connectivity index (χ2n) is 3.44. The standard InChI is InChI=1S/C12H16BrNO2/c1-5-10(13)6-9-7-11(12(15)16-4)14(3)8(9)2/h5-7,12,15H,2H2,1,3-4H3/b9-6-,10-5+. The van der Waals surface area contributed by atoms with Gasteiger partial charge >= 0.3 is 0 Å². The van der Waals surface area contributed by atoms with Crippen LogP contribution >= 0.6 is 15.9 Å². The Morgan fingerprint density at radius 1 is 1.69 bits per heavy atom. The van der Waals surface area contributed by atoms with E-state index in [4.69, 9.17) is 4.74 Å². The van der Waals surface area contributed by atoms with Gasteiger partial charge in [0.2, 0.25) is 0 Å². The lowest BCUT2D eigenvalue weighted by Crippen LogP contribution is -2.26. The average Bonchev–Trinajstić information content (AvgIpc) is 2.56. The van der Waals surface area contributed by atoms with Crippen LogP contribution in [0.2, 0.25) is 0 Å². The highest BCUT2D eigenvalue weighted by Crippen LogP contribution is 2.09. The summed E-state index contributed by atoms with van der Waals surface area (Å²) >= 11 is 3.41. The van der Waals surface area contributed by atoms with Crippen LogP contribution in [0.4, 0.5) is 0 Å². The molecule has 1 unspecified atom stereocenters. The number of hydrogen-bond acceptors (Lipinski definition) is 2. The van der Waals surface area contributed by atoms with Crippen molar-refractivity contribution in [3.05, 3.63) is 32.9 Å². The molecule has 4 heteroatoms. The van der Waals surface area contributed by atoms with Crippen LogP contribution in [0.15, 0.2) is 16.6 Å². The number of rotatable bonds is 3. The Morgan fingerprint density at radius 2 is 2.31 bits per heavy atom. The number of halogens is 1. The van der Waals surface area contributed by atoms with Gasteiger partial charge in [-0.25, -0.2) is 0 Å². The number of hydrogen-bond donors (Lipinski definition) is 1. The Balaban J connectivity index is 3.36. The molecule has 0 spiro atoms. The molecule has 1 aromatic rings. The molecule has 1 N–H and O–H groups in total. The van der Waals surface area contributed by atoms with Crippen molar-refractivity contribution in [1.29, 1.82) is 0 Å². The van der Waals surface area contributed by atoms with Crippen molar-refractivity contribution in [2.24, 2.45) is 7.05 Å². The van der Waals surface area contributed by atoms with Gasteiger partial charge in [0.15, 0.2) is 6.29 Å². The first-order chi connectivity index (χ1) is 7.51. The third kappa shape index (κ3) is 2.64. The van der Waals surface area contributed by atoms with Crippen LogP contribution in [-0.4, -0.2) is 16.8 Å². The molecule has 1 heterocycles. The number of methoxy groups -OCH3 is 1. The molecule has 1 aromatic heterocycles. The van der Waals surface area contributed by atoms with E-state index in [0.29, 0.717) is 5.69 Å². The first-order valence-corrected chi connectivity index (χ1v) is 5.69. The van der Waals surface area contributed by atoms with Crippen LogP contribution in [0.1, 0.15) is 18.9 Å². The molecule has 1 atom stereocenters. The van der Waals surface area contributed by atoms with Crippen LogP contribution in [0.5, 0.6) is 0 Å². The maximum absolute atomic E-state index is 9.63. The maximum Gasteiger partial charge on any atom is 0.196 e. The SMILES string of the molecule is C=c1/c(=C\C(Br)=C/C)cc(C(O)OC)n1C. The molecular weight excluding hydrogens is 270 g/mol. The number of nitrogens with zero attached hydrogens (tertiary/aromatic N) is 1. The normalized spacial score (nSPS) is 15.6. The molecule has 3 nitrogen and oxygen atoms in total. The van der Waals surface area contributed by atoms with E-state index in [1.807, 2.05) is 36.8 Å². The molecule has 1 rings (SSSR count). The molecule has 0 bridgehead atoms. The second kappa shape index (κ2) is 5.48. The summed E-state index contributed by atoms with van der Waals surface area (Å²) in [6.07, 6.45) is 2.98. The quantitative estimate of drug-likeness (QED) is 0.846. The highest BCUT2D eigenvalue weighted by Gasteiger charge is 2.10. The Kier molecular flexibility index (Phi) is 4.53. The fraction of sp³-hybridized carbons (Fsp3) is 0.333. The number of aliphatic hydroxyl groups is 1. The molecular formula is C12H16BrNO2. The fourth-order valence-electron chi connectivity index (χ4n) is 1.40. The summed E-state index contributed by atoms with van der Waals surface area (Å²) in [7, 11) is 3.31. The van der Waals surface area contributed by atoms with Gasteiger partial charge in [-0.1, -0.05) is 28.6 Å². The molecule has 0 aliphatic carbocycles. The minimum absolute atomic E-state index is 0.690. The van der Waals surface area contributed by atoms with Gasteiger partial charge in [0, 0.05) is 29.2 Å². The molecule has 88 valence electrons. The third-order valence-electron chi connectivity index (χ3n) is 2.47. The van der Waals surface area contributed by atoms with Crippen molar-refractivity contribution < 1.29 is 9.84 Å². The Morgan fingerprint density at radius 3 is 2.81 bits per heavy atom. The minimum Gasteiger partial charge on any atom is -0.363 e. The average molecular weight is 286 g/mol. The smallest absolute Gasteiger partial charge is 0.196 e. The molecule has 0 aliphatic heterocycles. The summed E-state index contributed by atoms with van der Waals surface area (Å²) in [5.41, 5.74) is 0.690. The summed E-state index contributed by atoms with van der Waals surface area (Å²) in [6.45, 7) is 5.90. The fourth-order valence-corrected chi connectivity index (χ4v) is 1.65. The van der Waals surface area contributed by atoms with E-state index in [1.165, 1.54) is 7.11 Å². The minimum atomic E-state index is -0.919. The lowest BCUT2D eigenvalue weighted by molar-refractivity contribution is -0.0816. The predicted octanol–water partition coefficient (Wildman–Crippen LogP) is 1.15. The van der Waals surface area contributed by atoms with Gasteiger partial charge in [-0.2, -0.15) is 0 Å². The van der Waals surface area contributed by atoms with Crippen LogP contribution in [0.3, 0.4) is 0 Å². The Hall–Kier alpha value is -0.840. The molecule has 0 aliphatic rings. The topological polar surface area (TPSA) is 34.4 Å². The van der Waals surface area contributed by atoms with Gasteiger partial charge in [-0.05, 0) is 19.1 Å². The van der Waals surface area contributed by atoms with E-state index in [1.54, 1.807) is 0 Å². The van der Waals surface area contributed by atoms with Crippen LogP contribution < -0.4 is 10.6 Å². The van der Waals surface area contributed by atoms with E-state index >= 15 is 0 Å². The van der Waals surface area contributed by atoms with E-state index in [0.717, 1.165) is 15.1 Å². The largest absolute Gasteiger partial charge is 0.363 e. The van der Waals surface area contributed by atoms with Crippen molar-refractivity contribution >= 4 is 28.6 Å². The van der Waals surface area contributed by atoms with Crippen LogP contribution in [0, 0.1) is 0 Å². The van der Waals surface area contributed by atoms with Crippen LogP contribution in [-0.2, 0) is 11.8 Å². The molecule has 0 saturated heterocycles. The highest BCUT2D eigenvalue weighted by molar-refractivity contribution is 9.12. The van der Waals surface area contributed by atoms with E-state index in [2.05, 4.69) is 22.5 Å². The first kappa shape index (κ1) is 13.2. The van der Waals surface area contributed by atoms with Crippen molar-refractivity contribution in [2.75, 3.05) is 7.11 Å². The molecule has 0 fully saturated rings. The van der Waals surface area contributed by atoms with Crippen molar-refractivity contribution in [3.63, 3.8) is 0 Å². The van der Waals surface area contributed by atoms with E-state index < -0.39 is 6.29 Å². The summed E-state index contributed by atoms with van der Waals surface area (Å²) in [5.74, 6) is 0. The predicted molar refractivity (Wildman–Crippen MR) is 69.3 cm³/mol. The number of allylic oxidation sites excluding steroid dienone is 2. The van der Waals surface area contributed by atoms with E-state index in [-0.39, 0.29) is 0 Å².